The molecule has 0 atom stereocenters. The Hall–Kier alpha value is -0.570. The Labute approximate surface area is 73.2 Å². The maximum absolute atomic E-state index is 11.1. The predicted octanol–water partition coefficient (Wildman–Crippen LogP) is 0.674. The van der Waals surface area contributed by atoms with Crippen molar-refractivity contribution in [1.82, 2.24) is 5.32 Å². The zero-order chi connectivity index (χ0) is 9.19. The fraction of sp³-hybridized carbons (Fsp3) is 0.889. The quantitative estimate of drug-likeness (QED) is 0.656. The minimum absolute atomic E-state index is 0.269. The molecule has 12 heavy (non-hydrogen) atoms. The van der Waals surface area contributed by atoms with Crippen molar-refractivity contribution in [2.75, 3.05) is 6.54 Å². The van der Waals surface area contributed by atoms with E-state index in [0.29, 0.717) is 5.92 Å². The standard InChI is InChI=1S/C9H17NO2/c1-9(2,12)8(11)10-6-7-4-3-5-7/h7,12H,3-6H2,1-2H3,(H,10,11). The third kappa shape index (κ3) is 2.48. The van der Waals surface area contributed by atoms with Crippen LogP contribution >= 0.6 is 0 Å². The average Bonchev–Trinajstić information content (AvgIpc) is 1.81. The topological polar surface area (TPSA) is 49.3 Å². The van der Waals surface area contributed by atoms with Crippen LogP contribution in [0.15, 0.2) is 0 Å². The van der Waals surface area contributed by atoms with E-state index in [1.807, 2.05) is 0 Å². The number of carbonyl (C=O) groups excluding carboxylic acids is 1. The summed E-state index contributed by atoms with van der Waals surface area (Å²) in [7, 11) is 0. The molecular weight excluding hydrogens is 154 g/mol. The first-order chi connectivity index (χ1) is 5.50. The summed E-state index contributed by atoms with van der Waals surface area (Å²) < 4.78 is 0. The van der Waals surface area contributed by atoms with E-state index in [1.165, 1.54) is 33.1 Å². The molecule has 3 heteroatoms. The lowest BCUT2D eigenvalue weighted by molar-refractivity contribution is -0.136. The molecule has 0 heterocycles. The Morgan fingerprint density at radius 1 is 1.58 bits per heavy atom. The van der Waals surface area contributed by atoms with Gasteiger partial charge in [-0.2, -0.15) is 0 Å². The van der Waals surface area contributed by atoms with Crippen molar-refractivity contribution in [3.63, 3.8) is 0 Å². The molecule has 1 rings (SSSR count). The molecule has 0 aromatic carbocycles. The number of aliphatic hydroxyl groups is 1. The maximum Gasteiger partial charge on any atom is 0.251 e. The highest BCUT2D eigenvalue weighted by Gasteiger charge is 2.25. The minimum Gasteiger partial charge on any atom is -0.381 e. The smallest absolute Gasteiger partial charge is 0.251 e. The molecular formula is C9H17NO2. The van der Waals surface area contributed by atoms with Gasteiger partial charge in [0.15, 0.2) is 0 Å². The van der Waals surface area contributed by atoms with Gasteiger partial charge in [0.25, 0.3) is 5.91 Å². The molecule has 0 radical (unpaired) electrons. The molecule has 1 aliphatic rings. The van der Waals surface area contributed by atoms with Gasteiger partial charge in [0.1, 0.15) is 5.60 Å². The number of rotatable bonds is 3. The molecule has 1 fully saturated rings. The Kier molecular flexibility index (Phi) is 2.73. The van der Waals surface area contributed by atoms with Crippen molar-refractivity contribution in [2.45, 2.75) is 38.7 Å². The van der Waals surface area contributed by atoms with E-state index < -0.39 is 5.60 Å². The van der Waals surface area contributed by atoms with Crippen molar-refractivity contribution in [2.24, 2.45) is 5.92 Å². The third-order valence-corrected chi connectivity index (χ3v) is 2.33. The number of nitrogens with one attached hydrogen (secondary N) is 1. The zero-order valence-electron chi connectivity index (χ0n) is 7.76. The second kappa shape index (κ2) is 3.44. The van der Waals surface area contributed by atoms with Crippen molar-refractivity contribution >= 4 is 5.91 Å². The van der Waals surface area contributed by atoms with Gasteiger partial charge in [0.2, 0.25) is 0 Å². The minimum atomic E-state index is -1.23. The molecule has 1 saturated carbocycles. The van der Waals surface area contributed by atoms with Gasteiger partial charge in [-0.25, -0.2) is 0 Å². The summed E-state index contributed by atoms with van der Waals surface area (Å²) in [4.78, 5) is 11.1. The van der Waals surface area contributed by atoms with Crippen molar-refractivity contribution in [3.05, 3.63) is 0 Å². The highest BCUT2D eigenvalue weighted by molar-refractivity contribution is 5.83. The molecule has 0 aliphatic heterocycles. The lowest BCUT2D eigenvalue weighted by Crippen LogP contribution is -2.44. The zero-order valence-corrected chi connectivity index (χ0v) is 7.76. The molecule has 3 nitrogen and oxygen atoms in total. The Balaban J connectivity index is 2.17. The van der Waals surface area contributed by atoms with Crippen LogP contribution in [0.25, 0.3) is 0 Å². The van der Waals surface area contributed by atoms with Gasteiger partial charge in [-0.3, -0.25) is 4.79 Å². The molecule has 0 saturated heterocycles. The molecule has 1 aliphatic carbocycles. The summed E-state index contributed by atoms with van der Waals surface area (Å²) >= 11 is 0. The average molecular weight is 171 g/mol. The summed E-state index contributed by atoms with van der Waals surface area (Å²) in [6.45, 7) is 3.73. The SMILES string of the molecule is CC(C)(O)C(=O)NCC1CCC1. The summed E-state index contributed by atoms with van der Waals surface area (Å²) in [5.74, 6) is 0.380. The summed E-state index contributed by atoms with van der Waals surface area (Å²) in [5.41, 5.74) is -1.23. The second-order valence-electron chi connectivity index (χ2n) is 4.07. The van der Waals surface area contributed by atoms with Gasteiger partial charge in [0, 0.05) is 6.54 Å². The van der Waals surface area contributed by atoms with Crippen LogP contribution in [-0.2, 0) is 4.79 Å². The molecule has 0 aromatic rings. The first-order valence-corrected chi connectivity index (χ1v) is 4.51. The van der Waals surface area contributed by atoms with Crippen molar-refractivity contribution < 1.29 is 9.90 Å². The lowest BCUT2D eigenvalue weighted by atomic mass is 9.85. The van der Waals surface area contributed by atoms with Crippen LogP contribution in [-0.4, -0.2) is 23.2 Å². The van der Waals surface area contributed by atoms with Crippen LogP contribution in [0.5, 0.6) is 0 Å². The highest BCUT2D eigenvalue weighted by atomic mass is 16.3. The Bertz CT molecular complexity index is 168. The lowest BCUT2D eigenvalue weighted by Gasteiger charge is -2.27. The predicted molar refractivity (Wildman–Crippen MR) is 46.6 cm³/mol. The third-order valence-electron chi connectivity index (χ3n) is 2.33. The number of amides is 1. The largest absolute Gasteiger partial charge is 0.381 e. The second-order valence-corrected chi connectivity index (χ2v) is 4.07. The van der Waals surface area contributed by atoms with E-state index >= 15 is 0 Å². The van der Waals surface area contributed by atoms with Crippen molar-refractivity contribution in [1.29, 1.82) is 0 Å². The molecule has 1 amide bonds. The van der Waals surface area contributed by atoms with E-state index in [2.05, 4.69) is 5.32 Å². The maximum atomic E-state index is 11.1. The first kappa shape index (κ1) is 9.52. The fourth-order valence-electron chi connectivity index (χ4n) is 1.15. The Morgan fingerprint density at radius 2 is 2.17 bits per heavy atom. The van der Waals surface area contributed by atoms with Gasteiger partial charge in [-0.1, -0.05) is 6.42 Å². The van der Waals surface area contributed by atoms with Crippen LogP contribution in [0.1, 0.15) is 33.1 Å². The summed E-state index contributed by atoms with van der Waals surface area (Å²) in [5, 5.41) is 12.0. The van der Waals surface area contributed by atoms with Crippen LogP contribution in [0.4, 0.5) is 0 Å². The van der Waals surface area contributed by atoms with Gasteiger partial charge in [-0.05, 0) is 32.6 Å². The van der Waals surface area contributed by atoms with E-state index in [1.54, 1.807) is 0 Å². The van der Waals surface area contributed by atoms with Crippen LogP contribution in [0.3, 0.4) is 0 Å². The van der Waals surface area contributed by atoms with Crippen LogP contribution in [0.2, 0.25) is 0 Å². The van der Waals surface area contributed by atoms with E-state index in [-0.39, 0.29) is 5.91 Å². The highest BCUT2D eigenvalue weighted by Crippen LogP contribution is 2.25. The molecule has 0 unspecified atom stereocenters. The number of carbonyl (C=O) groups is 1. The molecule has 2 N–H and O–H groups in total. The molecule has 70 valence electrons. The fourth-order valence-corrected chi connectivity index (χ4v) is 1.15. The van der Waals surface area contributed by atoms with Gasteiger partial charge in [0.05, 0.1) is 0 Å². The van der Waals surface area contributed by atoms with Gasteiger partial charge >= 0.3 is 0 Å². The van der Waals surface area contributed by atoms with E-state index in [9.17, 15) is 9.90 Å². The first-order valence-electron chi connectivity index (χ1n) is 4.51. The summed E-state index contributed by atoms with van der Waals surface area (Å²) in [6.07, 6.45) is 3.71. The summed E-state index contributed by atoms with van der Waals surface area (Å²) in [6, 6.07) is 0. The number of hydrogen-bond donors (Lipinski definition) is 2. The van der Waals surface area contributed by atoms with E-state index in [4.69, 9.17) is 0 Å². The van der Waals surface area contributed by atoms with E-state index in [0.717, 1.165) is 6.54 Å². The van der Waals surface area contributed by atoms with Crippen LogP contribution in [0, 0.1) is 5.92 Å². The van der Waals surface area contributed by atoms with Gasteiger partial charge in [-0.15, -0.1) is 0 Å². The number of hydrogen-bond acceptors (Lipinski definition) is 2. The monoisotopic (exact) mass is 171 g/mol. The molecule has 0 bridgehead atoms. The Morgan fingerprint density at radius 3 is 2.50 bits per heavy atom. The van der Waals surface area contributed by atoms with Crippen LogP contribution < -0.4 is 5.32 Å². The molecule has 0 aromatic heterocycles. The molecule has 0 spiro atoms. The van der Waals surface area contributed by atoms with Crippen molar-refractivity contribution in [3.8, 4) is 0 Å². The normalized spacial score (nSPS) is 18.6. The van der Waals surface area contributed by atoms with Gasteiger partial charge < -0.3 is 10.4 Å².